The molecule has 0 bridgehead atoms. The van der Waals surface area contributed by atoms with Crippen molar-refractivity contribution in [2.75, 3.05) is 18.8 Å². The smallest absolute Gasteiger partial charge is 0.187 e. The number of hydrogen-bond acceptors (Lipinski definition) is 6. The van der Waals surface area contributed by atoms with Crippen molar-refractivity contribution in [2.45, 2.75) is 5.16 Å². The van der Waals surface area contributed by atoms with E-state index in [0.29, 0.717) is 22.1 Å². The first-order valence-electron chi connectivity index (χ1n) is 7.40. The highest BCUT2D eigenvalue weighted by Gasteiger charge is 2.17. The van der Waals surface area contributed by atoms with Gasteiger partial charge in [0.05, 0.1) is 22.5 Å². The van der Waals surface area contributed by atoms with Gasteiger partial charge in [0.1, 0.15) is 6.07 Å². The number of para-hydroxylation sites is 1. The van der Waals surface area contributed by atoms with Gasteiger partial charge in [0, 0.05) is 52.6 Å². The first-order chi connectivity index (χ1) is 11.8. The molecular weight excluding hydrogens is 354 g/mol. The predicted octanol–water partition coefficient (Wildman–Crippen LogP) is 3.59. The lowest BCUT2D eigenvalue weighted by molar-refractivity contribution is 0.684. The first kappa shape index (κ1) is 17.5. The number of aryl methyl sites for hydroxylation is 1. The molecule has 8 heteroatoms. The van der Waals surface area contributed by atoms with Gasteiger partial charge in [-0.15, -0.1) is 0 Å². The summed E-state index contributed by atoms with van der Waals surface area (Å²) in [6.45, 7) is 0. The second kappa shape index (κ2) is 6.50. The lowest BCUT2D eigenvalue weighted by atomic mass is 10.1. The number of fused-ring (bicyclic) bond motifs is 1. The molecule has 0 aliphatic heterocycles. The molecule has 0 aliphatic carbocycles. The van der Waals surface area contributed by atoms with E-state index in [1.165, 1.54) is 11.8 Å². The highest BCUT2D eigenvalue weighted by atomic mass is 32.2. The summed E-state index contributed by atoms with van der Waals surface area (Å²) in [6.07, 6.45) is 8.58. The van der Waals surface area contributed by atoms with Crippen LogP contribution in [0, 0.1) is 11.3 Å². The van der Waals surface area contributed by atoms with E-state index in [2.05, 4.69) is 20.4 Å². The molecule has 25 heavy (non-hydrogen) atoms. The standard InChI is InChI=1S/C17H17N5OS2/c1-22-10-13(15-11(8-18)9-19-17(20-15)24-2)12-6-5-7-14(16(12)22)21-25(3,4)23/h5-7,9-10H,1-4H3. The van der Waals surface area contributed by atoms with Gasteiger partial charge in [0.2, 0.25) is 0 Å². The van der Waals surface area contributed by atoms with Gasteiger partial charge in [-0.2, -0.15) is 9.62 Å². The monoisotopic (exact) mass is 371 g/mol. The molecule has 1 aromatic carbocycles. The van der Waals surface area contributed by atoms with E-state index in [9.17, 15) is 9.47 Å². The molecule has 0 saturated heterocycles. The average molecular weight is 371 g/mol. The molecule has 0 radical (unpaired) electrons. The lowest BCUT2D eigenvalue weighted by Crippen LogP contribution is -1.94. The van der Waals surface area contributed by atoms with Gasteiger partial charge < -0.3 is 4.57 Å². The molecular formula is C17H17N5OS2. The maximum absolute atomic E-state index is 12.1. The molecule has 0 unspecified atom stereocenters. The van der Waals surface area contributed by atoms with Gasteiger partial charge in [-0.05, 0) is 12.3 Å². The van der Waals surface area contributed by atoms with Crippen LogP contribution in [0.1, 0.15) is 5.56 Å². The first-order valence-corrected chi connectivity index (χ1v) is 11.0. The molecule has 0 spiro atoms. The van der Waals surface area contributed by atoms with Gasteiger partial charge in [0.25, 0.3) is 0 Å². The van der Waals surface area contributed by atoms with Crippen LogP contribution >= 0.6 is 11.8 Å². The van der Waals surface area contributed by atoms with Crippen LogP contribution in [0.2, 0.25) is 0 Å². The van der Waals surface area contributed by atoms with E-state index >= 15 is 0 Å². The van der Waals surface area contributed by atoms with E-state index in [1.807, 2.05) is 42.3 Å². The summed E-state index contributed by atoms with van der Waals surface area (Å²) in [7, 11) is -0.380. The summed E-state index contributed by atoms with van der Waals surface area (Å²) in [5.74, 6) is 0. The largest absolute Gasteiger partial charge is 0.348 e. The molecule has 2 heterocycles. The summed E-state index contributed by atoms with van der Waals surface area (Å²) in [5.41, 5.74) is 3.38. The van der Waals surface area contributed by atoms with E-state index in [1.54, 1.807) is 18.7 Å². The van der Waals surface area contributed by atoms with Crippen molar-refractivity contribution in [3.63, 3.8) is 0 Å². The Bertz CT molecular complexity index is 1130. The number of nitrogens with zero attached hydrogens (tertiary/aromatic N) is 5. The Kier molecular flexibility index (Phi) is 4.54. The lowest BCUT2D eigenvalue weighted by Gasteiger charge is -2.04. The summed E-state index contributed by atoms with van der Waals surface area (Å²) < 4.78 is 18.4. The van der Waals surface area contributed by atoms with Crippen LogP contribution in [-0.4, -0.2) is 37.5 Å². The molecule has 0 amide bonds. The Morgan fingerprint density at radius 1 is 1.36 bits per heavy atom. The van der Waals surface area contributed by atoms with Crippen LogP contribution in [0.5, 0.6) is 0 Å². The Labute approximate surface area is 151 Å². The highest BCUT2D eigenvalue weighted by molar-refractivity contribution is 7.98. The van der Waals surface area contributed by atoms with Gasteiger partial charge in [0.15, 0.2) is 5.16 Å². The van der Waals surface area contributed by atoms with Crippen molar-refractivity contribution in [3.05, 3.63) is 36.2 Å². The summed E-state index contributed by atoms with van der Waals surface area (Å²) in [5, 5.41) is 10.9. The van der Waals surface area contributed by atoms with Crippen LogP contribution in [0.15, 0.2) is 40.1 Å². The number of benzene rings is 1. The van der Waals surface area contributed by atoms with Crippen LogP contribution in [0.4, 0.5) is 5.69 Å². The Morgan fingerprint density at radius 2 is 2.12 bits per heavy atom. The second-order valence-electron chi connectivity index (χ2n) is 5.83. The van der Waals surface area contributed by atoms with E-state index in [0.717, 1.165) is 16.5 Å². The van der Waals surface area contributed by atoms with E-state index in [4.69, 9.17) is 0 Å². The quantitative estimate of drug-likeness (QED) is 0.519. The van der Waals surface area contributed by atoms with Crippen LogP contribution < -0.4 is 0 Å². The van der Waals surface area contributed by atoms with Crippen LogP contribution in [-0.2, 0) is 16.8 Å². The molecule has 0 atom stereocenters. The average Bonchev–Trinajstić information content (AvgIpc) is 2.90. The van der Waals surface area contributed by atoms with Gasteiger partial charge in [-0.3, -0.25) is 0 Å². The number of nitriles is 1. The third-order valence-corrected chi connectivity index (χ3v) is 4.82. The fourth-order valence-electron chi connectivity index (χ4n) is 2.70. The zero-order valence-electron chi connectivity index (χ0n) is 14.3. The summed E-state index contributed by atoms with van der Waals surface area (Å²) >= 11 is 1.43. The number of aromatic nitrogens is 3. The molecule has 0 aliphatic rings. The normalized spacial score (nSPS) is 11.5. The van der Waals surface area contributed by atoms with Crippen molar-refractivity contribution < 1.29 is 4.21 Å². The predicted molar refractivity (Wildman–Crippen MR) is 103 cm³/mol. The molecule has 0 N–H and O–H groups in total. The van der Waals surface area contributed by atoms with Crippen molar-refractivity contribution in [1.82, 2.24) is 14.5 Å². The Balaban J connectivity index is 2.36. The van der Waals surface area contributed by atoms with Gasteiger partial charge in [-0.25, -0.2) is 14.2 Å². The molecule has 2 aromatic heterocycles. The maximum atomic E-state index is 12.1. The minimum absolute atomic E-state index is 0.419. The minimum Gasteiger partial charge on any atom is -0.348 e. The van der Waals surface area contributed by atoms with Crippen molar-refractivity contribution in [3.8, 4) is 17.3 Å². The van der Waals surface area contributed by atoms with Crippen molar-refractivity contribution >= 4 is 38.1 Å². The van der Waals surface area contributed by atoms with E-state index in [-0.39, 0.29) is 0 Å². The third-order valence-electron chi connectivity index (χ3n) is 3.62. The second-order valence-corrected chi connectivity index (χ2v) is 9.15. The fraction of sp³-hybridized carbons (Fsp3) is 0.235. The zero-order chi connectivity index (χ0) is 18.2. The molecule has 128 valence electrons. The summed E-state index contributed by atoms with van der Waals surface area (Å²) in [4.78, 5) is 8.70. The van der Waals surface area contributed by atoms with Crippen molar-refractivity contribution in [2.24, 2.45) is 11.4 Å². The number of rotatable bonds is 3. The molecule has 0 fully saturated rings. The van der Waals surface area contributed by atoms with Crippen molar-refractivity contribution in [1.29, 1.82) is 5.26 Å². The number of thioether (sulfide) groups is 1. The van der Waals surface area contributed by atoms with E-state index < -0.39 is 9.73 Å². The van der Waals surface area contributed by atoms with Crippen LogP contribution in [0.25, 0.3) is 22.2 Å². The fourth-order valence-corrected chi connectivity index (χ4v) is 3.66. The zero-order valence-corrected chi connectivity index (χ0v) is 16.0. The van der Waals surface area contributed by atoms with Gasteiger partial charge >= 0.3 is 0 Å². The summed E-state index contributed by atoms with van der Waals surface area (Å²) in [6, 6.07) is 7.83. The molecule has 0 saturated carbocycles. The van der Waals surface area contributed by atoms with Gasteiger partial charge in [-0.1, -0.05) is 23.9 Å². The Hall–Kier alpha value is -2.37. The molecule has 3 aromatic rings. The maximum Gasteiger partial charge on any atom is 0.187 e. The minimum atomic E-state index is -2.28. The molecule has 6 nitrogen and oxygen atoms in total. The van der Waals surface area contributed by atoms with Crippen LogP contribution in [0.3, 0.4) is 0 Å². The molecule has 3 rings (SSSR count). The highest BCUT2D eigenvalue weighted by Crippen LogP contribution is 2.36. The topological polar surface area (TPSA) is 83.9 Å². The third kappa shape index (κ3) is 3.38. The SMILES string of the molecule is CSc1ncc(C#N)c(-c2cn(C)c3c(N=S(C)(C)=O)cccc23)n1. The Morgan fingerprint density at radius 3 is 2.76 bits per heavy atom. The number of hydrogen-bond donors (Lipinski definition) is 0.